The van der Waals surface area contributed by atoms with Crippen LogP contribution in [0.2, 0.25) is 5.15 Å². The molecule has 0 aliphatic carbocycles. The summed E-state index contributed by atoms with van der Waals surface area (Å²) < 4.78 is 26.5. The lowest BCUT2D eigenvalue weighted by Crippen LogP contribution is -2.49. The summed E-state index contributed by atoms with van der Waals surface area (Å²) in [5.74, 6) is 0.147. The van der Waals surface area contributed by atoms with Crippen LogP contribution < -0.4 is 0 Å². The molecule has 1 aromatic rings. The zero-order valence-electron chi connectivity index (χ0n) is 10.7. The summed E-state index contributed by atoms with van der Waals surface area (Å²) in [5.41, 5.74) is 0. The summed E-state index contributed by atoms with van der Waals surface area (Å²) in [7, 11) is -3.62. The lowest BCUT2D eigenvalue weighted by atomic mass is 9.93. The van der Waals surface area contributed by atoms with Crippen LogP contribution in [0.15, 0.2) is 23.2 Å². The van der Waals surface area contributed by atoms with E-state index in [1.54, 1.807) is 0 Å². The van der Waals surface area contributed by atoms with Gasteiger partial charge in [0.15, 0.2) is 0 Å². The van der Waals surface area contributed by atoms with Gasteiger partial charge in [0.1, 0.15) is 10.0 Å². The van der Waals surface area contributed by atoms with E-state index in [0.29, 0.717) is 6.54 Å². The van der Waals surface area contributed by atoms with Crippen molar-refractivity contribution in [3.8, 4) is 0 Å². The Morgan fingerprint density at radius 2 is 2.26 bits per heavy atom. The molecule has 1 aromatic heterocycles. The molecule has 0 radical (unpaired) electrons. The first kappa shape index (κ1) is 14.7. The summed E-state index contributed by atoms with van der Waals surface area (Å²) in [5, 5.41) is 9.70. The molecule has 0 unspecified atom stereocenters. The van der Waals surface area contributed by atoms with Gasteiger partial charge < -0.3 is 5.11 Å². The van der Waals surface area contributed by atoms with Crippen molar-refractivity contribution in [1.82, 2.24) is 9.29 Å². The van der Waals surface area contributed by atoms with Crippen molar-refractivity contribution in [2.75, 3.05) is 13.2 Å². The number of hydrogen-bond acceptors (Lipinski definition) is 4. The normalized spacial score (nSPS) is 25.4. The summed E-state index contributed by atoms with van der Waals surface area (Å²) in [6, 6.07) is 2.53. The third-order valence-corrected chi connectivity index (χ3v) is 5.69. The molecule has 0 bridgehead atoms. The summed E-state index contributed by atoms with van der Waals surface area (Å²) in [6.45, 7) is 2.23. The molecule has 19 heavy (non-hydrogen) atoms. The molecule has 1 fully saturated rings. The highest BCUT2D eigenvalue weighted by Gasteiger charge is 2.36. The van der Waals surface area contributed by atoms with Crippen molar-refractivity contribution in [2.24, 2.45) is 5.92 Å². The summed E-state index contributed by atoms with van der Waals surface area (Å²) in [4.78, 5) is 3.92. The average molecular weight is 305 g/mol. The first-order valence-corrected chi connectivity index (χ1v) is 8.03. The SMILES string of the molecule is C[C@H]1CCCN(S(=O)(=O)c2ccc(Cl)nc2)[C@H]1CO. The number of aliphatic hydroxyl groups excluding tert-OH is 1. The van der Waals surface area contributed by atoms with Gasteiger partial charge in [-0.2, -0.15) is 4.31 Å². The van der Waals surface area contributed by atoms with Gasteiger partial charge in [-0.1, -0.05) is 18.5 Å². The molecule has 0 saturated carbocycles. The van der Waals surface area contributed by atoms with Crippen LogP contribution in [0.4, 0.5) is 0 Å². The van der Waals surface area contributed by atoms with E-state index in [1.807, 2.05) is 6.92 Å². The predicted molar refractivity (Wildman–Crippen MR) is 72.4 cm³/mol. The second kappa shape index (κ2) is 5.75. The largest absolute Gasteiger partial charge is 0.395 e. The smallest absolute Gasteiger partial charge is 0.244 e. The van der Waals surface area contributed by atoms with E-state index in [4.69, 9.17) is 11.6 Å². The van der Waals surface area contributed by atoms with Crippen LogP contribution in [0.1, 0.15) is 19.8 Å². The minimum Gasteiger partial charge on any atom is -0.395 e. The van der Waals surface area contributed by atoms with Crippen molar-refractivity contribution < 1.29 is 13.5 Å². The second-order valence-corrected chi connectivity index (χ2v) is 7.08. The maximum atomic E-state index is 12.5. The molecule has 1 aliphatic heterocycles. The number of nitrogens with zero attached hydrogens (tertiary/aromatic N) is 2. The zero-order chi connectivity index (χ0) is 14.0. The van der Waals surface area contributed by atoms with E-state index in [-0.39, 0.29) is 28.6 Å². The first-order chi connectivity index (χ1) is 8.96. The minimum atomic E-state index is -3.62. The van der Waals surface area contributed by atoms with E-state index >= 15 is 0 Å². The summed E-state index contributed by atoms with van der Waals surface area (Å²) >= 11 is 5.67. The number of halogens is 1. The van der Waals surface area contributed by atoms with Crippen LogP contribution in [0.5, 0.6) is 0 Å². The van der Waals surface area contributed by atoms with Crippen molar-refractivity contribution in [2.45, 2.75) is 30.7 Å². The van der Waals surface area contributed by atoms with Crippen LogP contribution in [0, 0.1) is 5.92 Å². The van der Waals surface area contributed by atoms with Crippen molar-refractivity contribution in [3.63, 3.8) is 0 Å². The Balaban J connectivity index is 2.35. The third-order valence-electron chi connectivity index (χ3n) is 3.56. The van der Waals surface area contributed by atoms with Crippen LogP contribution in [0.3, 0.4) is 0 Å². The fourth-order valence-corrected chi connectivity index (χ4v) is 4.24. The van der Waals surface area contributed by atoms with Crippen molar-refractivity contribution in [1.29, 1.82) is 0 Å². The Hall–Kier alpha value is -0.690. The summed E-state index contributed by atoms with van der Waals surface area (Å²) in [6.07, 6.45) is 2.99. The number of aromatic nitrogens is 1. The number of sulfonamides is 1. The van der Waals surface area contributed by atoms with Crippen LogP contribution in [-0.4, -0.2) is 42.0 Å². The third kappa shape index (κ3) is 2.91. The van der Waals surface area contributed by atoms with Crippen LogP contribution in [0.25, 0.3) is 0 Å². The van der Waals surface area contributed by atoms with Gasteiger partial charge in [0.05, 0.1) is 12.6 Å². The number of rotatable bonds is 3. The number of pyridine rings is 1. The molecule has 1 aliphatic rings. The molecule has 2 rings (SSSR count). The molecular weight excluding hydrogens is 288 g/mol. The highest BCUT2D eigenvalue weighted by molar-refractivity contribution is 7.89. The van der Waals surface area contributed by atoms with E-state index in [1.165, 1.54) is 22.6 Å². The Kier molecular flexibility index (Phi) is 4.45. The fourth-order valence-electron chi connectivity index (χ4n) is 2.43. The Morgan fingerprint density at radius 3 is 2.84 bits per heavy atom. The molecule has 2 atom stereocenters. The van der Waals surface area contributed by atoms with Crippen molar-refractivity contribution >= 4 is 21.6 Å². The van der Waals surface area contributed by atoms with Gasteiger partial charge in [-0.25, -0.2) is 13.4 Å². The quantitative estimate of drug-likeness (QED) is 0.860. The van der Waals surface area contributed by atoms with E-state index in [9.17, 15) is 13.5 Å². The average Bonchev–Trinajstić information content (AvgIpc) is 2.39. The standard InChI is InChI=1S/C12H17ClN2O3S/c1-9-3-2-6-15(11(9)8-16)19(17,18)10-4-5-12(13)14-7-10/h4-5,7,9,11,16H,2-3,6,8H2,1H3/t9-,11-/m0/s1. The lowest BCUT2D eigenvalue weighted by molar-refractivity contribution is 0.113. The minimum absolute atomic E-state index is 0.115. The van der Waals surface area contributed by atoms with E-state index in [2.05, 4.69) is 4.98 Å². The topological polar surface area (TPSA) is 70.5 Å². The van der Waals surface area contributed by atoms with Gasteiger partial charge in [0.2, 0.25) is 10.0 Å². The zero-order valence-corrected chi connectivity index (χ0v) is 12.2. The van der Waals surface area contributed by atoms with E-state index in [0.717, 1.165) is 12.8 Å². The fraction of sp³-hybridized carbons (Fsp3) is 0.583. The van der Waals surface area contributed by atoms with Crippen LogP contribution in [-0.2, 0) is 10.0 Å². The van der Waals surface area contributed by atoms with Gasteiger partial charge in [-0.15, -0.1) is 0 Å². The maximum absolute atomic E-state index is 12.5. The van der Waals surface area contributed by atoms with Gasteiger partial charge in [-0.3, -0.25) is 0 Å². The van der Waals surface area contributed by atoms with Gasteiger partial charge >= 0.3 is 0 Å². The molecular formula is C12H17ClN2O3S. The van der Waals surface area contributed by atoms with Gasteiger partial charge in [-0.05, 0) is 30.9 Å². The molecule has 7 heteroatoms. The second-order valence-electron chi connectivity index (χ2n) is 4.80. The number of aliphatic hydroxyl groups is 1. The Labute approximate surface area is 118 Å². The van der Waals surface area contributed by atoms with Gasteiger partial charge in [0.25, 0.3) is 0 Å². The molecule has 0 amide bonds. The highest BCUT2D eigenvalue weighted by Crippen LogP contribution is 2.28. The predicted octanol–water partition coefficient (Wildman–Crippen LogP) is 1.52. The molecule has 0 spiro atoms. The maximum Gasteiger partial charge on any atom is 0.244 e. The highest BCUT2D eigenvalue weighted by atomic mass is 35.5. The van der Waals surface area contributed by atoms with Crippen molar-refractivity contribution in [3.05, 3.63) is 23.5 Å². The molecule has 1 saturated heterocycles. The molecule has 0 aromatic carbocycles. The number of hydrogen-bond donors (Lipinski definition) is 1. The molecule has 106 valence electrons. The molecule has 5 nitrogen and oxygen atoms in total. The van der Waals surface area contributed by atoms with Crippen LogP contribution >= 0.6 is 11.6 Å². The van der Waals surface area contributed by atoms with E-state index < -0.39 is 10.0 Å². The monoisotopic (exact) mass is 304 g/mol. The molecule has 1 N–H and O–H groups in total. The Bertz CT molecular complexity index is 532. The lowest BCUT2D eigenvalue weighted by Gasteiger charge is -2.37. The molecule has 2 heterocycles. The number of piperidine rings is 1. The first-order valence-electron chi connectivity index (χ1n) is 6.21. The van der Waals surface area contributed by atoms with Gasteiger partial charge in [0, 0.05) is 12.7 Å². The Morgan fingerprint density at radius 1 is 1.53 bits per heavy atom.